The van der Waals surface area contributed by atoms with Gasteiger partial charge in [-0.15, -0.1) is 0 Å². The fourth-order valence-electron chi connectivity index (χ4n) is 1.42. The van der Waals surface area contributed by atoms with E-state index in [9.17, 15) is 4.79 Å². The lowest BCUT2D eigenvalue weighted by atomic mass is 10.1. The largest absolute Gasteiger partial charge is 0.459 e. The molecule has 0 aliphatic carbocycles. The number of hydrogen-bond donors (Lipinski definition) is 0. The summed E-state index contributed by atoms with van der Waals surface area (Å²) in [5.41, 5.74) is 1.56. The third-order valence-electron chi connectivity index (χ3n) is 2.57. The lowest BCUT2D eigenvalue weighted by Crippen LogP contribution is -2.11. The number of carbonyl (C=O) groups is 1. The van der Waals surface area contributed by atoms with Crippen molar-refractivity contribution in [3.8, 4) is 0 Å². The van der Waals surface area contributed by atoms with Gasteiger partial charge in [-0.25, -0.2) is 4.79 Å². The van der Waals surface area contributed by atoms with Gasteiger partial charge in [-0.3, -0.25) is 0 Å². The zero-order chi connectivity index (χ0) is 12.8. The Morgan fingerprint density at radius 2 is 2.17 bits per heavy atom. The lowest BCUT2D eigenvalue weighted by Gasteiger charge is -2.03. The molecule has 1 aromatic rings. The summed E-state index contributed by atoms with van der Waals surface area (Å²) in [6.07, 6.45) is 4.47. The van der Waals surface area contributed by atoms with Crippen LogP contribution in [0.25, 0.3) is 6.08 Å². The van der Waals surface area contributed by atoms with Crippen LogP contribution in [-0.2, 0) is 14.3 Å². The molecule has 1 aliphatic heterocycles. The summed E-state index contributed by atoms with van der Waals surface area (Å²) in [6, 6.07) is 9.91. The van der Waals surface area contributed by atoms with Crippen LogP contribution in [0.4, 0.5) is 0 Å². The van der Waals surface area contributed by atoms with Crippen LogP contribution in [0.2, 0.25) is 0 Å². The fraction of sp³-hybridized carbons (Fsp3) is 0.267. The summed E-state index contributed by atoms with van der Waals surface area (Å²) in [6.45, 7) is 4.74. The second-order valence-electron chi connectivity index (χ2n) is 4.17. The van der Waals surface area contributed by atoms with E-state index in [1.165, 1.54) is 0 Å². The fourth-order valence-corrected chi connectivity index (χ4v) is 1.42. The molecule has 1 saturated heterocycles. The first-order chi connectivity index (χ1) is 8.75. The van der Waals surface area contributed by atoms with Crippen molar-refractivity contribution in [3.05, 3.63) is 54.1 Å². The number of carbonyl (C=O) groups excluding carboxylic acids is 1. The van der Waals surface area contributed by atoms with Gasteiger partial charge in [0.25, 0.3) is 0 Å². The van der Waals surface area contributed by atoms with Crippen LogP contribution in [-0.4, -0.2) is 25.3 Å². The van der Waals surface area contributed by atoms with Gasteiger partial charge < -0.3 is 9.47 Å². The van der Waals surface area contributed by atoms with Crippen molar-refractivity contribution in [1.29, 1.82) is 0 Å². The van der Waals surface area contributed by atoms with E-state index in [0.717, 1.165) is 5.56 Å². The highest BCUT2D eigenvalue weighted by Crippen LogP contribution is 2.11. The molecular formula is C15H16O3. The van der Waals surface area contributed by atoms with Gasteiger partial charge in [0.1, 0.15) is 12.7 Å². The molecule has 2 rings (SSSR count). The monoisotopic (exact) mass is 244 g/mol. The molecule has 0 N–H and O–H groups in total. The number of ether oxygens (including phenoxy) is 2. The Kier molecular flexibility index (Phi) is 4.31. The maximum absolute atomic E-state index is 11.5. The third-order valence-corrected chi connectivity index (χ3v) is 2.57. The predicted octanol–water partition coefficient (Wildman–Crippen LogP) is 2.59. The highest BCUT2D eigenvalue weighted by molar-refractivity contribution is 5.88. The van der Waals surface area contributed by atoms with E-state index in [-0.39, 0.29) is 12.1 Å². The molecule has 0 radical (unpaired) electrons. The molecule has 1 atom stereocenters. The first-order valence-electron chi connectivity index (χ1n) is 5.94. The highest BCUT2D eigenvalue weighted by atomic mass is 16.6. The van der Waals surface area contributed by atoms with Crippen LogP contribution in [0.15, 0.2) is 48.6 Å². The summed E-state index contributed by atoms with van der Waals surface area (Å²) in [7, 11) is 0. The first-order valence-corrected chi connectivity index (χ1v) is 5.94. The minimum Gasteiger partial charge on any atom is -0.459 e. The second-order valence-corrected chi connectivity index (χ2v) is 4.17. The number of benzene rings is 1. The van der Waals surface area contributed by atoms with Crippen molar-refractivity contribution < 1.29 is 14.3 Å². The van der Waals surface area contributed by atoms with Crippen molar-refractivity contribution >= 4 is 12.0 Å². The Hall–Kier alpha value is -1.87. The van der Waals surface area contributed by atoms with E-state index in [1.807, 2.05) is 42.5 Å². The number of rotatable bonds is 6. The van der Waals surface area contributed by atoms with Gasteiger partial charge in [0.05, 0.1) is 6.61 Å². The summed E-state index contributed by atoms with van der Waals surface area (Å²) in [5.74, 6) is -0.344. The summed E-state index contributed by atoms with van der Waals surface area (Å²) in [4.78, 5) is 11.5. The molecule has 1 heterocycles. The summed E-state index contributed by atoms with van der Waals surface area (Å²) >= 11 is 0. The van der Waals surface area contributed by atoms with Gasteiger partial charge in [0.15, 0.2) is 0 Å². The average molecular weight is 244 g/mol. The Labute approximate surface area is 107 Å². The molecule has 94 valence electrons. The highest BCUT2D eigenvalue weighted by Gasteiger charge is 2.24. The van der Waals surface area contributed by atoms with Crippen molar-refractivity contribution in [2.75, 3.05) is 13.2 Å². The molecule has 0 aromatic heterocycles. The van der Waals surface area contributed by atoms with Gasteiger partial charge in [-0.1, -0.05) is 49.1 Å². The van der Waals surface area contributed by atoms with Crippen LogP contribution in [0.1, 0.15) is 12.0 Å². The van der Waals surface area contributed by atoms with E-state index in [0.29, 0.717) is 25.2 Å². The standard InChI is InChI=1S/C15H16O3/c1-12(15(16)18-11-14-10-17-14)6-5-9-13-7-3-2-4-8-13/h2-5,7-9,14H,1,6,10-11H2. The molecule has 18 heavy (non-hydrogen) atoms. The Bertz CT molecular complexity index is 444. The molecule has 1 fully saturated rings. The van der Waals surface area contributed by atoms with Crippen molar-refractivity contribution in [3.63, 3.8) is 0 Å². The van der Waals surface area contributed by atoms with Crippen molar-refractivity contribution in [2.24, 2.45) is 0 Å². The van der Waals surface area contributed by atoms with Crippen LogP contribution >= 0.6 is 0 Å². The zero-order valence-corrected chi connectivity index (χ0v) is 10.2. The van der Waals surface area contributed by atoms with Gasteiger partial charge >= 0.3 is 5.97 Å². The summed E-state index contributed by atoms with van der Waals surface area (Å²) in [5, 5.41) is 0. The predicted molar refractivity (Wildman–Crippen MR) is 69.9 cm³/mol. The molecule has 0 spiro atoms. The number of hydrogen-bond acceptors (Lipinski definition) is 3. The van der Waals surface area contributed by atoms with Crippen LogP contribution in [0.3, 0.4) is 0 Å². The van der Waals surface area contributed by atoms with E-state index < -0.39 is 0 Å². The third kappa shape index (κ3) is 4.18. The SMILES string of the molecule is C=C(CC=Cc1ccccc1)C(=O)OCC1CO1. The van der Waals surface area contributed by atoms with Crippen LogP contribution in [0, 0.1) is 0 Å². The topological polar surface area (TPSA) is 38.8 Å². The second kappa shape index (κ2) is 6.17. The molecule has 0 amide bonds. The lowest BCUT2D eigenvalue weighted by molar-refractivity contribution is -0.139. The molecule has 0 saturated carbocycles. The van der Waals surface area contributed by atoms with Gasteiger partial charge in [-0.05, 0) is 12.0 Å². The Morgan fingerprint density at radius 1 is 1.44 bits per heavy atom. The van der Waals surface area contributed by atoms with Crippen molar-refractivity contribution in [1.82, 2.24) is 0 Å². The first kappa shape index (κ1) is 12.6. The normalized spacial score (nSPS) is 17.7. The van der Waals surface area contributed by atoms with E-state index in [1.54, 1.807) is 0 Å². The van der Waals surface area contributed by atoms with Gasteiger partial charge in [0.2, 0.25) is 0 Å². The minimum atomic E-state index is -0.344. The van der Waals surface area contributed by atoms with E-state index >= 15 is 0 Å². The average Bonchev–Trinajstić information content (AvgIpc) is 3.21. The number of allylic oxidation sites excluding steroid dienone is 1. The van der Waals surface area contributed by atoms with Gasteiger partial charge in [0, 0.05) is 5.57 Å². The zero-order valence-electron chi connectivity index (χ0n) is 10.2. The maximum Gasteiger partial charge on any atom is 0.333 e. The Balaban J connectivity index is 1.73. The molecule has 0 bridgehead atoms. The molecule has 1 aromatic carbocycles. The quantitative estimate of drug-likeness (QED) is 0.438. The smallest absolute Gasteiger partial charge is 0.333 e. The number of epoxide rings is 1. The Morgan fingerprint density at radius 3 is 2.83 bits per heavy atom. The summed E-state index contributed by atoms with van der Waals surface area (Å²) < 4.78 is 9.99. The van der Waals surface area contributed by atoms with Crippen molar-refractivity contribution in [2.45, 2.75) is 12.5 Å². The van der Waals surface area contributed by atoms with Crippen LogP contribution in [0.5, 0.6) is 0 Å². The minimum absolute atomic E-state index is 0.0987. The molecule has 3 heteroatoms. The number of esters is 1. The molecule has 1 unspecified atom stereocenters. The maximum atomic E-state index is 11.5. The van der Waals surface area contributed by atoms with E-state index in [2.05, 4.69) is 6.58 Å². The van der Waals surface area contributed by atoms with E-state index in [4.69, 9.17) is 9.47 Å². The molecule has 3 nitrogen and oxygen atoms in total. The molecular weight excluding hydrogens is 228 g/mol. The van der Waals surface area contributed by atoms with Crippen LogP contribution < -0.4 is 0 Å². The molecule has 1 aliphatic rings. The van der Waals surface area contributed by atoms with Gasteiger partial charge in [-0.2, -0.15) is 0 Å².